The van der Waals surface area contributed by atoms with Gasteiger partial charge in [0, 0.05) is 6.42 Å². The number of thioether (sulfide) groups is 1. The summed E-state index contributed by atoms with van der Waals surface area (Å²) < 4.78 is 0. The number of aryl methyl sites for hydroxylation is 1. The molecular weight excluding hydrogens is 272 g/mol. The maximum Gasteiger partial charge on any atom is 0.231 e. The first-order valence-electron chi connectivity index (χ1n) is 6.92. The van der Waals surface area contributed by atoms with Gasteiger partial charge in [0.25, 0.3) is 0 Å². The molecule has 1 heterocycles. The minimum atomic E-state index is -0.538. The number of hydrogen-bond acceptors (Lipinski definition) is 4. The van der Waals surface area contributed by atoms with E-state index in [2.05, 4.69) is 33.3 Å². The molecular formula is C14H22N4OS. The molecule has 0 aliphatic heterocycles. The highest BCUT2D eigenvalue weighted by atomic mass is 32.2. The third-order valence-electron chi connectivity index (χ3n) is 3.19. The summed E-state index contributed by atoms with van der Waals surface area (Å²) in [6.45, 7) is 6.03. The zero-order valence-corrected chi connectivity index (χ0v) is 13.1. The van der Waals surface area contributed by atoms with Gasteiger partial charge < -0.3 is 5.32 Å². The standard InChI is InChI=1S/C14H22N4OS/c1-5-9-11-15-13(18-17-11)20-10-12(19)16-14(6-2,7-3)8-4/h2H,5,7-10H2,1,3-4H3,(H,16,19)(H,15,17,18). The molecule has 2 N–H and O–H groups in total. The Morgan fingerprint density at radius 2 is 2.15 bits per heavy atom. The fraction of sp³-hybridized carbons (Fsp3) is 0.643. The van der Waals surface area contributed by atoms with Gasteiger partial charge in [0.15, 0.2) is 0 Å². The molecule has 0 saturated carbocycles. The fourth-order valence-corrected chi connectivity index (χ4v) is 2.41. The van der Waals surface area contributed by atoms with Crippen molar-refractivity contribution >= 4 is 17.7 Å². The second kappa shape index (κ2) is 7.95. The zero-order valence-electron chi connectivity index (χ0n) is 12.3. The van der Waals surface area contributed by atoms with E-state index in [1.165, 1.54) is 11.8 Å². The van der Waals surface area contributed by atoms with Crippen LogP contribution in [0.3, 0.4) is 0 Å². The summed E-state index contributed by atoms with van der Waals surface area (Å²) in [5, 5.41) is 10.5. The lowest BCUT2D eigenvalue weighted by molar-refractivity contribution is -0.119. The molecule has 20 heavy (non-hydrogen) atoms. The van der Waals surface area contributed by atoms with Crippen LogP contribution in [-0.2, 0) is 11.2 Å². The van der Waals surface area contributed by atoms with Crippen molar-refractivity contribution in [2.45, 2.75) is 57.1 Å². The summed E-state index contributed by atoms with van der Waals surface area (Å²) in [6, 6.07) is 0. The molecule has 5 nitrogen and oxygen atoms in total. The van der Waals surface area contributed by atoms with Crippen LogP contribution in [0, 0.1) is 12.3 Å². The molecule has 1 aromatic rings. The van der Waals surface area contributed by atoms with Gasteiger partial charge in [-0.3, -0.25) is 9.89 Å². The number of rotatable bonds is 8. The van der Waals surface area contributed by atoms with Gasteiger partial charge in [-0.2, -0.15) is 0 Å². The van der Waals surface area contributed by atoms with Gasteiger partial charge in [0.1, 0.15) is 11.4 Å². The Hall–Kier alpha value is -1.48. The van der Waals surface area contributed by atoms with E-state index >= 15 is 0 Å². The molecule has 0 unspecified atom stereocenters. The maximum atomic E-state index is 11.9. The third-order valence-corrected chi connectivity index (χ3v) is 4.04. The predicted molar refractivity (Wildman–Crippen MR) is 81.4 cm³/mol. The lowest BCUT2D eigenvalue weighted by atomic mass is 9.94. The van der Waals surface area contributed by atoms with Crippen LogP contribution in [0.2, 0.25) is 0 Å². The van der Waals surface area contributed by atoms with Crippen LogP contribution in [0.15, 0.2) is 5.16 Å². The first-order valence-corrected chi connectivity index (χ1v) is 7.90. The molecule has 0 radical (unpaired) electrons. The van der Waals surface area contributed by atoms with Crippen LogP contribution in [0.1, 0.15) is 45.9 Å². The molecule has 1 amide bonds. The van der Waals surface area contributed by atoms with Crippen LogP contribution in [-0.4, -0.2) is 32.4 Å². The van der Waals surface area contributed by atoms with Crippen molar-refractivity contribution in [3.8, 4) is 12.3 Å². The molecule has 0 atom stereocenters. The number of H-pyrrole nitrogens is 1. The van der Waals surface area contributed by atoms with Crippen LogP contribution in [0.25, 0.3) is 0 Å². The SMILES string of the molecule is C#CC(CC)(CC)NC(=O)CSc1n[nH]c(CCC)n1. The van der Waals surface area contributed by atoms with Crippen molar-refractivity contribution in [1.29, 1.82) is 0 Å². The normalized spacial score (nSPS) is 11.1. The first-order chi connectivity index (χ1) is 9.59. The van der Waals surface area contributed by atoms with Crippen molar-refractivity contribution in [2.24, 2.45) is 0 Å². The van der Waals surface area contributed by atoms with Gasteiger partial charge in [-0.05, 0) is 19.3 Å². The van der Waals surface area contributed by atoms with Gasteiger partial charge >= 0.3 is 0 Å². The number of nitrogens with zero attached hydrogens (tertiary/aromatic N) is 2. The number of terminal acetylenes is 1. The van der Waals surface area contributed by atoms with Crippen molar-refractivity contribution in [1.82, 2.24) is 20.5 Å². The van der Waals surface area contributed by atoms with E-state index in [0.717, 1.165) is 31.5 Å². The van der Waals surface area contributed by atoms with Crippen LogP contribution in [0.5, 0.6) is 0 Å². The van der Waals surface area contributed by atoms with Gasteiger partial charge in [-0.25, -0.2) is 4.98 Å². The molecule has 0 fully saturated rings. The first kappa shape index (κ1) is 16.6. The fourth-order valence-electron chi connectivity index (χ4n) is 1.79. The molecule has 110 valence electrons. The van der Waals surface area contributed by atoms with Crippen molar-refractivity contribution < 1.29 is 4.79 Å². The van der Waals surface area contributed by atoms with Crippen molar-refractivity contribution in [3.05, 3.63) is 5.82 Å². The Balaban J connectivity index is 2.48. The Morgan fingerprint density at radius 3 is 2.70 bits per heavy atom. The average molecular weight is 294 g/mol. The largest absolute Gasteiger partial charge is 0.339 e. The van der Waals surface area contributed by atoms with E-state index in [1.54, 1.807) is 0 Å². The Bertz CT molecular complexity index is 474. The van der Waals surface area contributed by atoms with Gasteiger partial charge in [0.05, 0.1) is 5.75 Å². The van der Waals surface area contributed by atoms with Crippen LogP contribution < -0.4 is 5.32 Å². The molecule has 0 aromatic carbocycles. The number of nitrogens with one attached hydrogen (secondary N) is 2. The Labute approximate surface area is 124 Å². The van der Waals surface area contributed by atoms with Crippen LogP contribution >= 0.6 is 11.8 Å². The van der Waals surface area contributed by atoms with E-state index < -0.39 is 5.54 Å². The second-order valence-electron chi connectivity index (χ2n) is 4.59. The van der Waals surface area contributed by atoms with E-state index in [1.807, 2.05) is 13.8 Å². The number of amides is 1. The predicted octanol–water partition coefficient (Wildman–Crippen LogP) is 2.16. The highest BCUT2D eigenvalue weighted by Crippen LogP contribution is 2.16. The average Bonchev–Trinajstić information content (AvgIpc) is 2.91. The summed E-state index contributed by atoms with van der Waals surface area (Å²) in [6.07, 6.45) is 8.84. The molecule has 6 heteroatoms. The smallest absolute Gasteiger partial charge is 0.231 e. The van der Waals surface area contributed by atoms with E-state index in [4.69, 9.17) is 6.42 Å². The number of aromatic amines is 1. The lowest BCUT2D eigenvalue weighted by Crippen LogP contribution is -2.47. The number of aromatic nitrogens is 3. The summed E-state index contributed by atoms with van der Waals surface area (Å²) in [5.41, 5.74) is -0.538. The second-order valence-corrected chi connectivity index (χ2v) is 5.53. The summed E-state index contributed by atoms with van der Waals surface area (Å²) in [7, 11) is 0. The molecule has 1 aromatic heterocycles. The molecule has 0 bridgehead atoms. The van der Waals surface area contributed by atoms with E-state index in [-0.39, 0.29) is 11.7 Å². The van der Waals surface area contributed by atoms with Crippen LogP contribution in [0.4, 0.5) is 0 Å². The Kier molecular flexibility index (Phi) is 6.59. The Morgan fingerprint density at radius 1 is 1.45 bits per heavy atom. The zero-order chi connectivity index (χ0) is 15.0. The molecule has 0 aliphatic rings. The minimum Gasteiger partial charge on any atom is -0.339 e. The summed E-state index contributed by atoms with van der Waals surface area (Å²) in [5.74, 6) is 3.73. The topological polar surface area (TPSA) is 70.7 Å². The number of carbonyl (C=O) groups excluding carboxylic acids is 1. The third kappa shape index (κ3) is 4.57. The molecule has 0 saturated heterocycles. The lowest BCUT2D eigenvalue weighted by Gasteiger charge is -2.26. The quantitative estimate of drug-likeness (QED) is 0.569. The highest BCUT2D eigenvalue weighted by molar-refractivity contribution is 7.99. The van der Waals surface area contributed by atoms with Crippen molar-refractivity contribution in [3.63, 3.8) is 0 Å². The molecule has 0 aliphatic carbocycles. The highest BCUT2D eigenvalue weighted by Gasteiger charge is 2.25. The molecule has 0 spiro atoms. The van der Waals surface area contributed by atoms with Gasteiger partial charge in [-0.15, -0.1) is 11.5 Å². The van der Waals surface area contributed by atoms with E-state index in [9.17, 15) is 4.79 Å². The number of carbonyl (C=O) groups is 1. The number of hydrogen-bond donors (Lipinski definition) is 2. The summed E-state index contributed by atoms with van der Waals surface area (Å²) in [4.78, 5) is 16.3. The monoisotopic (exact) mass is 294 g/mol. The maximum absolute atomic E-state index is 11.9. The minimum absolute atomic E-state index is 0.0847. The summed E-state index contributed by atoms with van der Waals surface area (Å²) >= 11 is 1.31. The van der Waals surface area contributed by atoms with Gasteiger partial charge in [-0.1, -0.05) is 38.5 Å². The molecule has 1 rings (SSSR count). The van der Waals surface area contributed by atoms with E-state index in [0.29, 0.717) is 5.16 Å². The van der Waals surface area contributed by atoms with Crippen molar-refractivity contribution in [2.75, 3.05) is 5.75 Å². The van der Waals surface area contributed by atoms with Gasteiger partial charge in [0.2, 0.25) is 11.1 Å².